The van der Waals surface area contributed by atoms with Gasteiger partial charge < -0.3 is 9.84 Å². The number of aliphatic hydroxyl groups excluding tert-OH is 1. The average Bonchev–Trinajstić information content (AvgIpc) is 1.67. The smallest absolute Gasteiger partial charge is 0.0574 e. The van der Waals surface area contributed by atoms with Crippen molar-refractivity contribution in [1.29, 1.82) is 0 Å². The molecule has 1 N–H and O–H groups in total. The van der Waals surface area contributed by atoms with Crippen LogP contribution in [0.15, 0.2) is 0 Å². The van der Waals surface area contributed by atoms with Crippen molar-refractivity contribution in [1.82, 2.24) is 0 Å². The van der Waals surface area contributed by atoms with Gasteiger partial charge in [0, 0.05) is 9.84 Å². The van der Waals surface area contributed by atoms with Crippen LogP contribution in [0.2, 0.25) is 0 Å². The first-order valence-electron chi connectivity index (χ1n) is 2.58. The zero-order chi connectivity index (χ0) is 6.04. The standard InChI is InChI=1S/C5H9IO2/c6-1-5(2-7)3-8-4-5/h7H,1-4H2. The Kier molecular flexibility index (Phi) is 2.11. The Hall–Kier alpha value is 0.650. The van der Waals surface area contributed by atoms with Crippen molar-refractivity contribution in [2.45, 2.75) is 0 Å². The second kappa shape index (κ2) is 2.49. The minimum Gasteiger partial charge on any atom is -0.396 e. The van der Waals surface area contributed by atoms with E-state index < -0.39 is 0 Å². The molecule has 2 nitrogen and oxygen atoms in total. The summed E-state index contributed by atoms with van der Waals surface area (Å²) < 4.78 is 5.96. The topological polar surface area (TPSA) is 29.5 Å². The predicted molar refractivity (Wildman–Crippen MR) is 39.2 cm³/mol. The van der Waals surface area contributed by atoms with Gasteiger partial charge in [-0.1, -0.05) is 22.6 Å². The van der Waals surface area contributed by atoms with Crippen molar-refractivity contribution in [3.05, 3.63) is 0 Å². The first kappa shape index (κ1) is 6.77. The van der Waals surface area contributed by atoms with Crippen molar-refractivity contribution in [2.24, 2.45) is 5.41 Å². The van der Waals surface area contributed by atoms with Crippen LogP contribution >= 0.6 is 22.6 Å². The molecule has 1 saturated heterocycles. The predicted octanol–water partition coefficient (Wildman–Crippen LogP) is 0.430. The Bertz CT molecular complexity index is 67.0. The van der Waals surface area contributed by atoms with Crippen LogP contribution < -0.4 is 0 Å². The van der Waals surface area contributed by atoms with E-state index in [1.807, 2.05) is 0 Å². The van der Waals surface area contributed by atoms with Crippen LogP contribution in [-0.2, 0) is 4.74 Å². The van der Waals surface area contributed by atoms with Gasteiger partial charge >= 0.3 is 0 Å². The van der Waals surface area contributed by atoms with Crippen molar-refractivity contribution >= 4 is 22.6 Å². The van der Waals surface area contributed by atoms with Gasteiger partial charge in [-0.05, 0) is 0 Å². The molecule has 1 heterocycles. The van der Waals surface area contributed by atoms with Crippen LogP contribution in [0.3, 0.4) is 0 Å². The Balaban J connectivity index is 2.33. The largest absolute Gasteiger partial charge is 0.396 e. The van der Waals surface area contributed by atoms with Crippen molar-refractivity contribution in [2.75, 3.05) is 24.2 Å². The second-order valence-electron chi connectivity index (χ2n) is 2.28. The van der Waals surface area contributed by atoms with Crippen LogP contribution in [0.25, 0.3) is 0 Å². The minimum absolute atomic E-state index is 0.126. The Morgan fingerprint density at radius 3 is 2.25 bits per heavy atom. The molecule has 0 spiro atoms. The zero-order valence-electron chi connectivity index (χ0n) is 4.56. The highest BCUT2D eigenvalue weighted by Gasteiger charge is 2.36. The van der Waals surface area contributed by atoms with E-state index in [-0.39, 0.29) is 12.0 Å². The highest BCUT2D eigenvalue weighted by atomic mass is 127. The van der Waals surface area contributed by atoms with Gasteiger partial charge in [0.15, 0.2) is 0 Å². The summed E-state index contributed by atoms with van der Waals surface area (Å²) in [6, 6.07) is 0. The molecule has 0 aliphatic carbocycles. The molecule has 0 aromatic rings. The highest BCUT2D eigenvalue weighted by molar-refractivity contribution is 14.1. The van der Waals surface area contributed by atoms with E-state index >= 15 is 0 Å². The third-order valence-electron chi connectivity index (χ3n) is 1.44. The van der Waals surface area contributed by atoms with E-state index in [1.54, 1.807) is 0 Å². The van der Waals surface area contributed by atoms with Gasteiger partial charge in [0.25, 0.3) is 0 Å². The summed E-state index contributed by atoms with van der Waals surface area (Å²) in [5.74, 6) is 0. The van der Waals surface area contributed by atoms with E-state index in [0.717, 1.165) is 17.6 Å². The fourth-order valence-electron chi connectivity index (χ4n) is 0.601. The average molecular weight is 228 g/mol. The van der Waals surface area contributed by atoms with Crippen LogP contribution in [-0.4, -0.2) is 29.4 Å². The van der Waals surface area contributed by atoms with Gasteiger partial charge in [0.2, 0.25) is 0 Å². The van der Waals surface area contributed by atoms with Gasteiger partial charge in [-0.2, -0.15) is 0 Å². The molecular weight excluding hydrogens is 219 g/mol. The maximum absolute atomic E-state index is 8.75. The lowest BCUT2D eigenvalue weighted by Crippen LogP contribution is -2.46. The number of halogens is 1. The van der Waals surface area contributed by atoms with Crippen LogP contribution in [0.1, 0.15) is 0 Å². The number of alkyl halides is 1. The number of hydrogen-bond acceptors (Lipinski definition) is 2. The van der Waals surface area contributed by atoms with Crippen LogP contribution in [0.4, 0.5) is 0 Å². The summed E-state index contributed by atoms with van der Waals surface area (Å²) in [7, 11) is 0. The molecule has 0 radical (unpaired) electrons. The Morgan fingerprint density at radius 2 is 2.25 bits per heavy atom. The van der Waals surface area contributed by atoms with Gasteiger partial charge in [-0.15, -0.1) is 0 Å². The first-order valence-corrected chi connectivity index (χ1v) is 4.10. The monoisotopic (exact) mass is 228 g/mol. The van der Waals surface area contributed by atoms with E-state index in [2.05, 4.69) is 22.6 Å². The molecular formula is C5H9IO2. The summed E-state index contributed by atoms with van der Waals surface area (Å²) in [4.78, 5) is 0. The summed E-state index contributed by atoms with van der Waals surface area (Å²) >= 11 is 2.28. The Morgan fingerprint density at radius 1 is 1.62 bits per heavy atom. The molecule has 0 unspecified atom stereocenters. The third-order valence-corrected chi connectivity index (χ3v) is 3.05. The lowest BCUT2D eigenvalue weighted by atomic mass is 9.90. The SMILES string of the molecule is OCC1(CI)COC1. The summed E-state index contributed by atoms with van der Waals surface area (Å²) in [5.41, 5.74) is 0.126. The number of rotatable bonds is 2. The lowest BCUT2D eigenvalue weighted by Gasteiger charge is -2.38. The van der Waals surface area contributed by atoms with Crippen LogP contribution in [0.5, 0.6) is 0 Å². The molecule has 8 heavy (non-hydrogen) atoms. The fourth-order valence-corrected chi connectivity index (χ4v) is 1.28. The maximum atomic E-state index is 8.75. The summed E-state index contributed by atoms with van der Waals surface area (Å²) in [5, 5.41) is 8.75. The number of hydrogen-bond donors (Lipinski definition) is 1. The maximum Gasteiger partial charge on any atom is 0.0574 e. The van der Waals surface area contributed by atoms with Crippen LogP contribution in [0, 0.1) is 5.41 Å². The molecule has 1 rings (SSSR count). The molecule has 1 fully saturated rings. The van der Waals surface area contributed by atoms with E-state index in [0.29, 0.717) is 0 Å². The molecule has 3 heteroatoms. The van der Waals surface area contributed by atoms with E-state index in [1.165, 1.54) is 0 Å². The molecule has 0 saturated carbocycles. The van der Waals surface area contributed by atoms with Gasteiger partial charge in [-0.25, -0.2) is 0 Å². The lowest BCUT2D eigenvalue weighted by molar-refractivity contribution is -0.120. The molecule has 0 aromatic carbocycles. The van der Waals surface area contributed by atoms with E-state index in [9.17, 15) is 0 Å². The summed E-state index contributed by atoms with van der Waals surface area (Å²) in [6.45, 7) is 1.76. The molecule has 1 aliphatic heterocycles. The summed E-state index contributed by atoms with van der Waals surface area (Å²) in [6.07, 6.45) is 0. The molecule has 0 atom stereocenters. The number of ether oxygens (including phenoxy) is 1. The van der Waals surface area contributed by atoms with E-state index in [4.69, 9.17) is 9.84 Å². The highest BCUT2D eigenvalue weighted by Crippen LogP contribution is 2.28. The van der Waals surface area contributed by atoms with Gasteiger partial charge in [0.05, 0.1) is 19.8 Å². The second-order valence-corrected chi connectivity index (χ2v) is 3.05. The molecule has 48 valence electrons. The zero-order valence-corrected chi connectivity index (χ0v) is 6.72. The third kappa shape index (κ3) is 0.989. The number of aliphatic hydroxyl groups is 1. The minimum atomic E-state index is 0.126. The molecule has 0 aromatic heterocycles. The first-order chi connectivity index (χ1) is 3.83. The van der Waals surface area contributed by atoms with Crippen molar-refractivity contribution in [3.8, 4) is 0 Å². The quantitative estimate of drug-likeness (QED) is 0.548. The van der Waals surface area contributed by atoms with Crippen molar-refractivity contribution in [3.63, 3.8) is 0 Å². The molecule has 0 bridgehead atoms. The van der Waals surface area contributed by atoms with Gasteiger partial charge in [-0.3, -0.25) is 0 Å². The molecule has 1 aliphatic rings. The molecule has 0 amide bonds. The van der Waals surface area contributed by atoms with Gasteiger partial charge in [0.1, 0.15) is 0 Å². The normalized spacial score (nSPS) is 24.8. The Labute approximate surface area is 62.4 Å². The fraction of sp³-hybridized carbons (Fsp3) is 1.00. The van der Waals surface area contributed by atoms with Crippen molar-refractivity contribution < 1.29 is 9.84 Å².